The summed E-state index contributed by atoms with van der Waals surface area (Å²) in [5.74, 6) is 0.416. The lowest BCUT2D eigenvalue weighted by Gasteiger charge is -2.31. The first-order chi connectivity index (χ1) is 9.65. The van der Waals surface area contributed by atoms with E-state index < -0.39 is 0 Å². The maximum absolute atomic E-state index is 12.7. The van der Waals surface area contributed by atoms with E-state index in [-0.39, 0.29) is 5.41 Å². The zero-order valence-electron chi connectivity index (χ0n) is 13.1. The van der Waals surface area contributed by atoms with Crippen LogP contribution in [0.4, 0.5) is 0 Å². The lowest BCUT2D eigenvalue weighted by Crippen LogP contribution is -2.43. The molecule has 2 aliphatic rings. The van der Waals surface area contributed by atoms with E-state index in [0.717, 1.165) is 65.0 Å². The van der Waals surface area contributed by atoms with Gasteiger partial charge in [-0.3, -0.25) is 4.79 Å². The van der Waals surface area contributed by atoms with Crippen molar-refractivity contribution < 1.29 is 4.79 Å². The number of nitrogens with zero attached hydrogens (tertiary/aromatic N) is 2. The van der Waals surface area contributed by atoms with Gasteiger partial charge in [-0.1, -0.05) is 19.8 Å². The first-order valence-electron chi connectivity index (χ1n) is 8.37. The summed E-state index contributed by atoms with van der Waals surface area (Å²) in [4.78, 5) is 17.4. The molecule has 0 aromatic rings. The Labute approximate surface area is 123 Å². The molecule has 2 rings (SSSR count). The summed E-state index contributed by atoms with van der Waals surface area (Å²) in [5, 5.41) is 0. The molecule has 20 heavy (non-hydrogen) atoms. The van der Waals surface area contributed by atoms with Gasteiger partial charge in [-0.15, -0.1) is 0 Å². The van der Waals surface area contributed by atoms with Crippen molar-refractivity contribution in [3.05, 3.63) is 0 Å². The highest BCUT2D eigenvalue weighted by molar-refractivity contribution is 5.82. The summed E-state index contributed by atoms with van der Waals surface area (Å²) in [6, 6.07) is 0. The van der Waals surface area contributed by atoms with Crippen molar-refractivity contribution in [1.82, 2.24) is 9.80 Å². The minimum atomic E-state index is -0.0608. The molecule has 4 nitrogen and oxygen atoms in total. The minimum absolute atomic E-state index is 0.0608. The SMILES string of the molecule is CC1(C(=O)N2CCCN(CCCCN)CC2)CCCC1. The molecule has 1 aliphatic carbocycles. The second kappa shape index (κ2) is 7.41. The molecule has 0 spiro atoms. The average Bonchev–Trinajstić information content (AvgIpc) is 2.76. The zero-order chi connectivity index (χ0) is 14.4. The zero-order valence-corrected chi connectivity index (χ0v) is 13.1. The number of amides is 1. The Bertz CT molecular complexity index is 313. The van der Waals surface area contributed by atoms with Gasteiger partial charge in [0.1, 0.15) is 0 Å². The second-order valence-corrected chi connectivity index (χ2v) is 6.75. The van der Waals surface area contributed by atoms with E-state index in [1.54, 1.807) is 0 Å². The summed E-state index contributed by atoms with van der Waals surface area (Å²) < 4.78 is 0. The molecule has 1 saturated carbocycles. The van der Waals surface area contributed by atoms with Crippen LogP contribution in [0.25, 0.3) is 0 Å². The molecule has 116 valence electrons. The Kier molecular flexibility index (Phi) is 5.85. The molecule has 2 fully saturated rings. The van der Waals surface area contributed by atoms with E-state index in [1.165, 1.54) is 19.3 Å². The van der Waals surface area contributed by atoms with Gasteiger partial charge < -0.3 is 15.5 Å². The first kappa shape index (κ1) is 15.8. The smallest absolute Gasteiger partial charge is 0.228 e. The molecule has 0 radical (unpaired) electrons. The molecule has 0 unspecified atom stereocenters. The van der Waals surface area contributed by atoms with Crippen LogP contribution in [0.1, 0.15) is 51.9 Å². The van der Waals surface area contributed by atoms with E-state index in [4.69, 9.17) is 5.73 Å². The normalized spacial score (nSPS) is 23.8. The Morgan fingerprint density at radius 2 is 1.80 bits per heavy atom. The molecule has 1 aliphatic heterocycles. The van der Waals surface area contributed by atoms with E-state index in [1.807, 2.05) is 0 Å². The maximum atomic E-state index is 12.7. The Balaban J connectivity index is 1.81. The van der Waals surface area contributed by atoms with Crippen LogP contribution in [0.15, 0.2) is 0 Å². The second-order valence-electron chi connectivity index (χ2n) is 6.75. The number of nitrogens with two attached hydrogens (primary N) is 1. The van der Waals surface area contributed by atoms with Crippen LogP contribution in [-0.4, -0.2) is 55.0 Å². The van der Waals surface area contributed by atoms with Crippen LogP contribution in [0, 0.1) is 5.41 Å². The van der Waals surface area contributed by atoms with Crippen LogP contribution >= 0.6 is 0 Å². The summed E-state index contributed by atoms with van der Waals surface area (Å²) in [7, 11) is 0. The number of hydrogen-bond acceptors (Lipinski definition) is 3. The molecular weight excluding hydrogens is 250 g/mol. The predicted octanol–water partition coefficient (Wildman–Crippen LogP) is 1.84. The molecule has 2 N–H and O–H groups in total. The van der Waals surface area contributed by atoms with Gasteiger partial charge in [0.05, 0.1) is 0 Å². The highest BCUT2D eigenvalue weighted by atomic mass is 16.2. The predicted molar refractivity (Wildman–Crippen MR) is 82.5 cm³/mol. The summed E-state index contributed by atoms with van der Waals surface area (Å²) >= 11 is 0. The van der Waals surface area contributed by atoms with Crippen LogP contribution in [-0.2, 0) is 4.79 Å². The quantitative estimate of drug-likeness (QED) is 0.782. The molecule has 1 heterocycles. The highest BCUT2D eigenvalue weighted by Gasteiger charge is 2.39. The number of carbonyl (C=O) groups is 1. The Morgan fingerprint density at radius 3 is 2.50 bits per heavy atom. The van der Waals surface area contributed by atoms with Gasteiger partial charge >= 0.3 is 0 Å². The van der Waals surface area contributed by atoms with Crippen molar-refractivity contribution in [2.24, 2.45) is 11.1 Å². The molecule has 4 heteroatoms. The van der Waals surface area contributed by atoms with Gasteiger partial charge in [0.15, 0.2) is 0 Å². The standard InChI is InChI=1S/C16H31N3O/c1-16(7-2-3-8-16)15(20)19-12-6-11-18(13-14-19)10-5-4-9-17/h2-14,17H2,1H3. The van der Waals surface area contributed by atoms with Crippen molar-refractivity contribution in [3.8, 4) is 0 Å². The van der Waals surface area contributed by atoms with Crippen molar-refractivity contribution in [1.29, 1.82) is 0 Å². The highest BCUT2D eigenvalue weighted by Crippen LogP contribution is 2.39. The number of unbranched alkanes of at least 4 members (excludes halogenated alkanes) is 1. The fourth-order valence-corrected chi connectivity index (χ4v) is 3.63. The third kappa shape index (κ3) is 3.95. The van der Waals surface area contributed by atoms with Gasteiger partial charge in [0.25, 0.3) is 0 Å². The van der Waals surface area contributed by atoms with E-state index in [0.29, 0.717) is 5.91 Å². The van der Waals surface area contributed by atoms with Crippen molar-refractivity contribution in [2.75, 3.05) is 39.3 Å². The van der Waals surface area contributed by atoms with Gasteiger partial charge in [-0.2, -0.15) is 0 Å². The Morgan fingerprint density at radius 1 is 1.05 bits per heavy atom. The molecule has 0 atom stereocenters. The van der Waals surface area contributed by atoms with Gasteiger partial charge in [0, 0.05) is 25.0 Å². The largest absolute Gasteiger partial charge is 0.341 e. The first-order valence-corrected chi connectivity index (χ1v) is 8.37. The van der Waals surface area contributed by atoms with E-state index in [9.17, 15) is 4.79 Å². The number of carbonyl (C=O) groups excluding carboxylic acids is 1. The third-order valence-electron chi connectivity index (χ3n) is 5.03. The average molecular weight is 281 g/mol. The van der Waals surface area contributed by atoms with Gasteiger partial charge in [0.2, 0.25) is 5.91 Å². The molecule has 0 aromatic heterocycles. The summed E-state index contributed by atoms with van der Waals surface area (Å²) in [6.45, 7) is 8.12. The molecular formula is C16H31N3O. The van der Waals surface area contributed by atoms with Crippen LogP contribution in [0.5, 0.6) is 0 Å². The van der Waals surface area contributed by atoms with E-state index >= 15 is 0 Å². The molecule has 1 saturated heterocycles. The minimum Gasteiger partial charge on any atom is -0.341 e. The fourth-order valence-electron chi connectivity index (χ4n) is 3.63. The Hall–Kier alpha value is -0.610. The van der Waals surface area contributed by atoms with Crippen molar-refractivity contribution in [3.63, 3.8) is 0 Å². The van der Waals surface area contributed by atoms with Crippen LogP contribution in [0.3, 0.4) is 0 Å². The lowest BCUT2D eigenvalue weighted by molar-refractivity contribution is -0.140. The molecule has 1 amide bonds. The maximum Gasteiger partial charge on any atom is 0.228 e. The summed E-state index contributed by atoms with van der Waals surface area (Å²) in [5.41, 5.74) is 5.49. The van der Waals surface area contributed by atoms with Crippen LogP contribution < -0.4 is 5.73 Å². The van der Waals surface area contributed by atoms with Gasteiger partial charge in [-0.25, -0.2) is 0 Å². The fraction of sp³-hybridized carbons (Fsp3) is 0.938. The topological polar surface area (TPSA) is 49.6 Å². The third-order valence-corrected chi connectivity index (χ3v) is 5.03. The number of rotatable bonds is 5. The van der Waals surface area contributed by atoms with Crippen LogP contribution in [0.2, 0.25) is 0 Å². The molecule has 0 aromatic carbocycles. The summed E-state index contributed by atoms with van der Waals surface area (Å²) in [6.07, 6.45) is 8.03. The lowest BCUT2D eigenvalue weighted by atomic mass is 9.87. The van der Waals surface area contributed by atoms with E-state index in [2.05, 4.69) is 16.7 Å². The number of hydrogen-bond donors (Lipinski definition) is 1. The van der Waals surface area contributed by atoms with Crippen molar-refractivity contribution >= 4 is 5.91 Å². The van der Waals surface area contributed by atoms with Gasteiger partial charge in [-0.05, 0) is 51.7 Å². The van der Waals surface area contributed by atoms with Crippen molar-refractivity contribution in [2.45, 2.75) is 51.9 Å². The molecule has 0 bridgehead atoms. The monoisotopic (exact) mass is 281 g/mol.